The molecule has 0 N–H and O–H groups in total. The molecule has 12 heteroatoms. The summed E-state index contributed by atoms with van der Waals surface area (Å²) < 4.78 is 45.1. The Morgan fingerprint density at radius 2 is 1.66 bits per heavy atom. The van der Waals surface area contributed by atoms with Crippen LogP contribution in [0.4, 0.5) is 23.8 Å². The van der Waals surface area contributed by atoms with Gasteiger partial charge in [-0.1, -0.05) is 23.2 Å². The molecule has 184 valence electrons. The summed E-state index contributed by atoms with van der Waals surface area (Å²) >= 11 is 12.4. The first-order chi connectivity index (χ1) is 16.6. The maximum atomic E-state index is 13.3. The molecule has 1 saturated heterocycles. The molecule has 0 saturated carbocycles. The molecule has 1 aliphatic rings. The van der Waals surface area contributed by atoms with E-state index in [2.05, 4.69) is 4.98 Å². The molecule has 2 heterocycles. The maximum Gasteiger partial charge on any atom is 0.416 e. The molecule has 1 aliphatic heterocycles. The van der Waals surface area contributed by atoms with Gasteiger partial charge < -0.3 is 14.5 Å². The molecule has 7 nitrogen and oxygen atoms in total. The highest BCUT2D eigenvalue weighted by molar-refractivity contribution is 6.36. The van der Waals surface area contributed by atoms with Gasteiger partial charge in [0, 0.05) is 42.8 Å². The average molecular weight is 527 g/mol. The summed E-state index contributed by atoms with van der Waals surface area (Å²) in [5.41, 5.74) is -0.777. The van der Waals surface area contributed by atoms with Gasteiger partial charge in [-0.2, -0.15) is 13.2 Å². The van der Waals surface area contributed by atoms with Gasteiger partial charge in [-0.05, 0) is 42.5 Å². The summed E-state index contributed by atoms with van der Waals surface area (Å²) in [5.74, 6) is 0.494. The molecular weight excluding hydrogens is 508 g/mol. The minimum absolute atomic E-state index is 0.143. The van der Waals surface area contributed by atoms with Gasteiger partial charge in [0.15, 0.2) is 5.82 Å². The van der Waals surface area contributed by atoms with Gasteiger partial charge in [0.25, 0.3) is 5.56 Å². The first-order valence-electron chi connectivity index (χ1n) is 10.4. The topological polar surface area (TPSA) is 67.7 Å². The lowest BCUT2D eigenvalue weighted by atomic mass is 10.1. The Morgan fingerprint density at radius 3 is 2.23 bits per heavy atom. The molecule has 4 rings (SSSR count). The van der Waals surface area contributed by atoms with Gasteiger partial charge in [0.1, 0.15) is 5.82 Å². The number of carbonyl (C=O) groups is 1. The predicted molar refractivity (Wildman–Crippen MR) is 126 cm³/mol. The average Bonchev–Trinajstić information content (AvgIpc) is 2.83. The van der Waals surface area contributed by atoms with Crippen LogP contribution in [0.3, 0.4) is 0 Å². The number of anilines is 1. The van der Waals surface area contributed by atoms with E-state index in [4.69, 9.17) is 27.9 Å². The molecule has 3 aromatic rings. The fourth-order valence-electron chi connectivity index (χ4n) is 3.78. The van der Waals surface area contributed by atoms with E-state index >= 15 is 0 Å². The van der Waals surface area contributed by atoms with Crippen LogP contribution in [-0.2, 0) is 10.9 Å². The van der Waals surface area contributed by atoms with Gasteiger partial charge in [0.2, 0.25) is 0 Å². The van der Waals surface area contributed by atoms with E-state index in [9.17, 15) is 22.8 Å². The first-order valence-corrected chi connectivity index (χ1v) is 11.2. The molecule has 1 aromatic heterocycles. The van der Waals surface area contributed by atoms with Crippen LogP contribution < -0.4 is 10.5 Å². The number of piperazine rings is 1. The zero-order valence-electron chi connectivity index (χ0n) is 18.4. The predicted octanol–water partition coefficient (Wildman–Crippen LogP) is 5.11. The van der Waals surface area contributed by atoms with E-state index in [0.717, 1.165) is 12.1 Å². The van der Waals surface area contributed by atoms with Crippen LogP contribution in [-0.4, -0.2) is 53.8 Å². The number of alkyl halides is 3. The van der Waals surface area contributed by atoms with Gasteiger partial charge in [-0.25, -0.2) is 9.78 Å². The van der Waals surface area contributed by atoms with Crippen molar-refractivity contribution in [3.05, 3.63) is 74.5 Å². The number of aromatic nitrogens is 2. The number of hydrogen-bond donors (Lipinski definition) is 0. The molecule has 1 amide bonds. The minimum atomic E-state index is -4.51. The van der Waals surface area contributed by atoms with Crippen LogP contribution >= 0.6 is 23.2 Å². The normalized spacial score (nSPS) is 14.2. The summed E-state index contributed by atoms with van der Waals surface area (Å²) in [4.78, 5) is 33.1. The quantitative estimate of drug-likeness (QED) is 0.474. The Bertz CT molecular complexity index is 1300. The SMILES string of the molecule is COC(=O)N1CCN(c2cc(=O)n(-c3ccc(C(F)(F)F)cc3)c(-c3ccc(Cl)cc3Cl)n2)CC1. The van der Waals surface area contributed by atoms with Gasteiger partial charge in [-0.3, -0.25) is 9.36 Å². The van der Waals surface area contributed by atoms with Crippen LogP contribution in [0.2, 0.25) is 10.0 Å². The number of carbonyl (C=O) groups excluding carboxylic acids is 1. The number of nitrogens with zero attached hydrogens (tertiary/aromatic N) is 4. The molecule has 2 aromatic carbocycles. The molecule has 0 atom stereocenters. The second-order valence-electron chi connectivity index (χ2n) is 7.72. The molecule has 0 aliphatic carbocycles. The van der Waals surface area contributed by atoms with Gasteiger partial charge in [-0.15, -0.1) is 0 Å². The van der Waals surface area contributed by atoms with Crippen molar-refractivity contribution in [1.29, 1.82) is 0 Å². The third kappa shape index (κ3) is 5.23. The lowest BCUT2D eigenvalue weighted by Gasteiger charge is -2.34. The van der Waals surface area contributed by atoms with Gasteiger partial charge >= 0.3 is 12.3 Å². The highest BCUT2D eigenvalue weighted by atomic mass is 35.5. The molecule has 1 fully saturated rings. The van der Waals surface area contributed by atoms with Crippen molar-refractivity contribution < 1.29 is 22.7 Å². The summed E-state index contributed by atoms with van der Waals surface area (Å²) in [6, 6.07) is 10.2. The lowest BCUT2D eigenvalue weighted by Crippen LogP contribution is -2.49. The number of rotatable bonds is 3. The number of halogens is 5. The minimum Gasteiger partial charge on any atom is -0.453 e. The van der Waals surface area contributed by atoms with E-state index in [-0.39, 0.29) is 16.5 Å². The lowest BCUT2D eigenvalue weighted by molar-refractivity contribution is -0.137. The number of ether oxygens (including phenoxy) is 1. The van der Waals surface area contributed by atoms with E-state index in [1.807, 2.05) is 4.90 Å². The second-order valence-corrected chi connectivity index (χ2v) is 8.57. The molecular formula is C23H19Cl2F3N4O3. The van der Waals surface area contributed by atoms with Gasteiger partial charge in [0.05, 0.1) is 23.4 Å². The van der Waals surface area contributed by atoms with Crippen molar-refractivity contribution in [2.24, 2.45) is 0 Å². The standard InChI is InChI=1S/C23H19Cl2F3N4O3/c1-35-22(34)31-10-8-30(9-11-31)19-13-20(33)32(16-5-2-14(3-6-16)23(26,27)28)21(29-19)17-7-4-15(24)12-18(17)25/h2-7,12-13H,8-11H2,1H3. The van der Waals surface area contributed by atoms with Crippen LogP contribution in [0, 0.1) is 0 Å². The van der Waals surface area contributed by atoms with Crippen molar-refractivity contribution >= 4 is 35.1 Å². The zero-order valence-corrected chi connectivity index (χ0v) is 19.9. The molecule has 0 radical (unpaired) electrons. The number of benzene rings is 2. The van der Waals surface area contributed by atoms with Crippen molar-refractivity contribution in [1.82, 2.24) is 14.5 Å². The zero-order chi connectivity index (χ0) is 25.3. The summed E-state index contributed by atoms with van der Waals surface area (Å²) in [6.45, 7) is 1.54. The van der Waals surface area contributed by atoms with Crippen LogP contribution in [0.15, 0.2) is 53.3 Å². The van der Waals surface area contributed by atoms with E-state index in [1.54, 1.807) is 12.1 Å². The molecule has 0 unspecified atom stereocenters. The third-order valence-electron chi connectivity index (χ3n) is 5.57. The van der Waals surface area contributed by atoms with Crippen LogP contribution in [0.1, 0.15) is 5.56 Å². The summed E-state index contributed by atoms with van der Waals surface area (Å²) in [5, 5.41) is 0.593. The number of amides is 1. The highest BCUT2D eigenvalue weighted by Gasteiger charge is 2.30. The van der Waals surface area contributed by atoms with E-state index in [0.29, 0.717) is 42.6 Å². The van der Waals surface area contributed by atoms with E-state index in [1.165, 1.54) is 40.8 Å². The number of methoxy groups -OCH3 is 1. The van der Waals surface area contributed by atoms with Crippen molar-refractivity contribution in [3.8, 4) is 17.1 Å². The van der Waals surface area contributed by atoms with Crippen molar-refractivity contribution in [2.75, 3.05) is 38.2 Å². The Kier molecular flexibility index (Phi) is 6.95. The molecule has 0 spiro atoms. The second kappa shape index (κ2) is 9.79. The monoisotopic (exact) mass is 526 g/mol. The van der Waals surface area contributed by atoms with Crippen molar-refractivity contribution in [2.45, 2.75) is 6.18 Å². The fraction of sp³-hybridized carbons (Fsp3) is 0.261. The highest BCUT2D eigenvalue weighted by Crippen LogP contribution is 2.33. The van der Waals surface area contributed by atoms with Crippen molar-refractivity contribution in [3.63, 3.8) is 0 Å². The van der Waals surface area contributed by atoms with Crippen LogP contribution in [0.5, 0.6) is 0 Å². The Hall–Kier alpha value is -3.24. The maximum absolute atomic E-state index is 13.3. The Balaban J connectivity index is 1.80. The summed E-state index contributed by atoms with van der Waals surface area (Å²) in [7, 11) is 1.30. The van der Waals surface area contributed by atoms with E-state index < -0.39 is 23.4 Å². The van der Waals surface area contributed by atoms with Crippen LogP contribution in [0.25, 0.3) is 17.1 Å². The Labute approximate surface area is 208 Å². The fourth-order valence-corrected chi connectivity index (χ4v) is 4.27. The molecule has 35 heavy (non-hydrogen) atoms. The Morgan fingerprint density at radius 1 is 1.00 bits per heavy atom. The summed E-state index contributed by atoms with van der Waals surface area (Å²) in [6.07, 6.45) is -4.95. The number of hydrogen-bond acceptors (Lipinski definition) is 5. The largest absolute Gasteiger partial charge is 0.453 e. The smallest absolute Gasteiger partial charge is 0.416 e. The first kappa shape index (κ1) is 24.9. The molecule has 0 bridgehead atoms. The third-order valence-corrected chi connectivity index (χ3v) is 6.11.